The zero-order valence-electron chi connectivity index (χ0n) is 8.50. The fourth-order valence-corrected chi connectivity index (χ4v) is 1.98. The largest absolute Gasteiger partial charge is 0.373 e. The molecule has 0 aromatic heterocycles. The van der Waals surface area contributed by atoms with Gasteiger partial charge in [0.15, 0.2) is 0 Å². The maximum absolute atomic E-state index is 3.50. The minimum Gasteiger partial charge on any atom is -0.373 e. The summed E-state index contributed by atoms with van der Waals surface area (Å²) in [6, 6.07) is 6.45. The lowest BCUT2D eigenvalue weighted by molar-refractivity contribution is 0.707. The van der Waals surface area contributed by atoms with Crippen LogP contribution in [0, 0.1) is 0 Å². The highest BCUT2D eigenvalue weighted by molar-refractivity contribution is 9.10. The summed E-state index contributed by atoms with van der Waals surface area (Å²) in [7, 11) is 2.14. The van der Waals surface area contributed by atoms with E-state index in [4.69, 9.17) is 0 Å². The molecule has 0 unspecified atom stereocenters. The van der Waals surface area contributed by atoms with E-state index in [0.717, 1.165) is 24.1 Å². The van der Waals surface area contributed by atoms with Gasteiger partial charge < -0.3 is 10.2 Å². The van der Waals surface area contributed by atoms with Crippen molar-refractivity contribution in [3.63, 3.8) is 0 Å². The molecule has 1 N–H and O–H groups in total. The number of rotatable bonds is 0. The summed E-state index contributed by atoms with van der Waals surface area (Å²) < 4.78 is 1.15. The van der Waals surface area contributed by atoms with Crippen LogP contribution in [-0.2, 0) is 6.54 Å². The topological polar surface area (TPSA) is 15.3 Å². The molecular formula is C10H15BrCl2N2. The van der Waals surface area contributed by atoms with Crippen LogP contribution in [0.25, 0.3) is 0 Å². The smallest absolute Gasteiger partial charge is 0.0421 e. The molecule has 86 valence electrons. The molecule has 0 spiro atoms. The molecule has 0 fully saturated rings. The van der Waals surface area contributed by atoms with Gasteiger partial charge in [0.25, 0.3) is 0 Å². The fraction of sp³-hybridized carbons (Fsp3) is 0.400. The second-order valence-electron chi connectivity index (χ2n) is 3.37. The lowest BCUT2D eigenvalue weighted by Crippen LogP contribution is -2.24. The third kappa shape index (κ3) is 3.52. The van der Waals surface area contributed by atoms with Crippen molar-refractivity contribution in [2.24, 2.45) is 0 Å². The summed E-state index contributed by atoms with van der Waals surface area (Å²) in [4.78, 5) is 2.29. The summed E-state index contributed by atoms with van der Waals surface area (Å²) in [6.45, 7) is 3.11. The first-order chi connectivity index (χ1) is 6.27. The number of hydrogen-bond donors (Lipinski definition) is 1. The van der Waals surface area contributed by atoms with Crippen LogP contribution < -0.4 is 10.2 Å². The third-order valence-electron chi connectivity index (χ3n) is 2.40. The third-order valence-corrected chi connectivity index (χ3v) is 2.89. The van der Waals surface area contributed by atoms with Crippen LogP contribution in [0.1, 0.15) is 5.56 Å². The number of nitrogens with zero attached hydrogens (tertiary/aromatic N) is 1. The number of benzene rings is 1. The molecule has 0 saturated carbocycles. The molecule has 1 aliphatic heterocycles. The Kier molecular flexibility index (Phi) is 6.60. The lowest BCUT2D eigenvalue weighted by Gasteiger charge is -2.18. The van der Waals surface area contributed by atoms with Crippen molar-refractivity contribution < 1.29 is 0 Å². The molecule has 15 heavy (non-hydrogen) atoms. The highest BCUT2D eigenvalue weighted by Gasteiger charge is 2.10. The predicted octanol–water partition coefficient (Wildman–Crippen LogP) is 2.83. The van der Waals surface area contributed by atoms with E-state index in [1.165, 1.54) is 11.3 Å². The van der Waals surface area contributed by atoms with Gasteiger partial charge in [-0.15, -0.1) is 24.8 Å². The van der Waals surface area contributed by atoms with E-state index in [2.05, 4.69) is 51.4 Å². The Bertz CT molecular complexity index is 320. The van der Waals surface area contributed by atoms with Crippen molar-refractivity contribution in [3.8, 4) is 0 Å². The van der Waals surface area contributed by atoms with Crippen LogP contribution in [0.3, 0.4) is 0 Å². The Balaban J connectivity index is 0.000000980. The zero-order valence-corrected chi connectivity index (χ0v) is 11.7. The van der Waals surface area contributed by atoms with Gasteiger partial charge >= 0.3 is 0 Å². The van der Waals surface area contributed by atoms with Crippen molar-refractivity contribution >= 4 is 46.4 Å². The molecule has 1 aromatic carbocycles. The molecule has 1 aromatic rings. The van der Waals surface area contributed by atoms with Gasteiger partial charge in [0, 0.05) is 36.8 Å². The second kappa shape index (κ2) is 6.59. The van der Waals surface area contributed by atoms with Crippen molar-refractivity contribution in [3.05, 3.63) is 28.2 Å². The summed E-state index contributed by atoms with van der Waals surface area (Å²) in [5.74, 6) is 0. The molecule has 5 heteroatoms. The highest BCUT2D eigenvalue weighted by atomic mass is 79.9. The van der Waals surface area contributed by atoms with Gasteiger partial charge in [0.05, 0.1) is 0 Å². The van der Waals surface area contributed by atoms with Crippen LogP contribution in [0.15, 0.2) is 22.7 Å². The molecule has 0 radical (unpaired) electrons. The number of fused-ring (bicyclic) bond motifs is 1. The first-order valence-corrected chi connectivity index (χ1v) is 5.27. The van der Waals surface area contributed by atoms with E-state index in [1.807, 2.05) is 0 Å². The summed E-state index contributed by atoms with van der Waals surface area (Å²) >= 11 is 3.50. The Hall–Kier alpha value is 0.0400. The standard InChI is InChI=1S/C10H13BrN2.2ClH/c1-13-5-4-12-7-8-2-3-9(11)6-10(8)13;;/h2-3,6,12H,4-5,7H2,1H3;2*1H. The maximum Gasteiger partial charge on any atom is 0.0421 e. The van der Waals surface area contributed by atoms with Crippen molar-refractivity contribution in [2.75, 3.05) is 25.0 Å². The van der Waals surface area contributed by atoms with Gasteiger partial charge in [-0.05, 0) is 17.7 Å². The van der Waals surface area contributed by atoms with Gasteiger partial charge in [-0.2, -0.15) is 0 Å². The highest BCUT2D eigenvalue weighted by Crippen LogP contribution is 2.25. The van der Waals surface area contributed by atoms with Gasteiger partial charge in [0.1, 0.15) is 0 Å². The van der Waals surface area contributed by atoms with Crippen LogP contribution in [-0.4, -0.2) is 20.1 Å². The van der Waals surface area contributed by atoms with Crippen molar-refractivity contribution in [2.45, 2.75) is 6.54 Å². The van der Waals surface area contributed by atoms with Crippen LogP contribution in [0.4, 0.5) is 5.69 Å². The van der Waals surface area contributed by atoms with E-state index in [-0.39, 0.29) is 24.8 Å². The van der Waals surface area contributed by atoms with E-state index < -0.39 is 0 Å². The molecule has 0 saturated heterocycles. The minimum absolute atomic E-state index is 0. The molecule has 0 bridgehead atoms. The average Bonchev–Trinajstić information content (AvgIpc) is 2.29. The average molecular weight is 314 g/mol. The molecule has 0 atom stereocenters. The summed E-state index contributed by atoms with van der Waals surface area (Å²) in [6.07, 6.45) is 0. The van der Waals surface area contributed by atoms with E-state index in [9.17, 15) is 0 Å². The lowest BCUT2D eigenvalue weighted by atomic mass is 10.1. The number of nitrogens with one attached hydrogen (secondary N) is 1. The van der Waals surface area contributed by atoms with Gasteiger partial charge in [0.2, 0.25) is 0 Å². The Morgan fingerprint density at radius 1 is 1.33 bits per heavy atom. The van der Waals surface area contributed by atoms with Crippen LogP contribution in [0.5, 0.6) is 0 Å². The quantitative estimate of drug-likeness (QED) is 0.792. The number of halogens is 3. The van der Waals surface area contributed by atoms with E-state index >= 15 is 0 Å². The zero-order chi connectivity index (χ0) is 9.26. The van der Waals surface area contributed by atoms with Crippen LogP contribution in [0.2, 0.25) is 0 Å². The Labute approximate surface area is 111 Å². The summed E-state index contributed by atoms with van der Waals surface area (Å²) in [5.41, 5.74) is 2.71. The van der Waals surface area contributed by atoms with Gasteiger partial charge in [-0.25, -0.2) is 0 Å². The van der Waals surface area contributed by atoms with E-state index in [0.29, 0.717) is 0 Å². The molecule has 1 heterocycles. The SMILES string of the molecule is CN1CCNCc2ccc(Br)cc21.Cl.Cl. The maximum atomic E-state index is 3.50. The molecular weight excluding hydrogens is 299 g/mol. The number of hydrogen-bond acceptors (Lipinski definition) is 2. The van der Waals surface area contributed by atoms with Crippen molar-refractivity contribution in [1.29, 1.82) is 0 Å². The fourth-order valence-electron chi connectivity index (χ4n) is 1.63. The Morgan fingerprint density at radius 3 is 2.80 bits per heavy atom. The monoisotopic (exact) mass is 312 g/mol. The van der Waals surface area contributed by atoms with Gasteiger partial charge in [-0.3, -0.25) is 0 Å². The first-order valence-electron chi connectivity index (χ1n) is 4.47. The second-order valence-corrected chi connectivity index (χ2v) is 4.29. The summed E-state index contributed by atoms with van der Waals surface area (Å²) in [5, 5.41) is 3.40. The number of likely N-dealkylation sites (N-methyl/N-ethyl adjacent to an activating group) is 1. The van der Waals surface area contributed by atoms with Crippen LogP contribution >= 0.6 is 40.7 Å². The first kappa shape index (κ1) is 15.0. The van der Waals surface area contributed by atoms with Crippen molar-refractivity contribution in [1.82, 2.24) is 5.32 Å². The Morgan fingerprint density at radius 2 is 2.07 bits per heavy atom. The normalized spacial score (nSPS) is 14.4. The molecule has 0 aliphatic carbocycles. The van der Waals surface area contributed by atoms with E-state index in [1.54, 1.807) is 0 Å². The molecule has 2 nitrogen and oxygen atoms in total. The predicted molar refractivity (Wildman–Crippen MR) is 73.6 cm³/mol. The molecule has 1 aliphatic rings. The van der Waals surface area contributed by atoms with Gasteiger partial charge in [-0.1, -0.05) is 22.0 Å². The number of anilines is 1. The molecule has 0 amide bonds. The minimum atomic E-state index is 0. The molecule has 2 rings (SSSR count).